The molecular formula is C7H15N3O3. The van der Waals surface area contributed by atoms with E-state index in [9.17, 15) is 9.70 Å². The normalized spacial score (nSPS) is 12.2. The first kappa shape index (κ1) is 12.0. The number of hydrogen-bond acceptors (Lipinski definition) is 5. The van der Waals surface area contributed by atoms with Crippen molar-refractivity contribution in [2.24, 2.45) is 11.0 Å². The molecule has 0 rings (SSSR count). The summed E-state index contributed by atoms with van der Waals surface area (Å²) in [5.74, 6) is 0. The number of aldehydes is 1. The van der Waals surface area contributed by atoms with Crippen molar-refractivity contribution >= 4 is 6.29 Å². The zero-order chi connectivity index (χ0) is 10.1. The quantitative estimate of drug-likeness (QED) is 0.249. The van der Waals surface area contributed by atoms with Crippen LogP contribution in [0.5, 0.6) is 0 Å². The lowest BCUT2D eigenvalue weighted by atomic mass is 10.2. The zero-order valence-corrected chi connectivity index (χ0v) is 7.68. The van der Waals surface area contributed by atoms with Crippen molar-refractivity contribution in [1.82, 2.24) is 5.01 Å². The number of ether oxygens (including phenoxy) is 1. The van der Waals surface area contributed by atoms with Crippen LogP contribution >= 0.6 is 0 Å². The van der Waals surface area contributed by atoms with Crippen LogP contribution in [0.3, 0.4) is 0 Å². The van der Waals surface area contributed by atoms with E-state index in [4.69, 9.17) is 10.5 Å². The first-order valence-electron chi connectivity index (χ1n) is 4.04. The first-order chi connectivity index (χ1) is 6.24. The second-order valence-electron chi connectivity index (χ2n) is 2.64. The van der Waals surface area contributed by atoms with Gasteiger partial charge >= 0.3 is 0 Å². The van der Waals surface area contributed by atoms with Gasteiger partial charge in [-0.2, -0.15) is 0 Å². The van der Waals surface area contributed by atoms with Gasteiger partial charge in [0.05, 0.1) is 11.4 Å². The third kappa shape index (κ3) is 6.18. The van der Waals surface area contributed by atoms with E-state index >= 15 is 0 Å². The van der Waals surface area contributed by atoms with E-state index in [1.807, 2.05) is 0 Å². The topological polar surface area (TPSA) is 85.0 Å². The van der Waals surface area contributed by atoms with E-state index in [1.54, 1.807) is 0 Å². The van der Waals surface area contributed by atoms with Crippen molar-refractivity contribution in [3.8, 4) is 0 Å². The van der Waals surface area contributed by atoms with Gasteiger partial charge in [-0.3, -0.25) is 0 Å². The Morgan fingerprint density at radius 3 is 2.85 bits per heavy atom. The number of carbonyl (C=O) groups is 1. The molecule has 0 aromatic heterocycles. The summed E-state index contributed by atoms with van der Waals surface area (Å²) in [4.78, 5) is 20.1. The molecule has 2 N–H and O–H groups in total. The number of nitrogens with zero attached hydrogens (tertiary/aromatic N) is 2. The predicted molar refractivity (Wildman–Crippen MR) is 47.7 cm³/mol. The van der Waals surface area contributed by atoms with E-state index in [-0.39, 0.29) is 12.8 Å². The Morgan fingerprint density at radius 2 is 2.38 bits per heavy atom. The molecule has 6 heteroatoms. The molecule has 0 spiro atoms. The molecule has 0 amide bonds. The molecule has 0 radical (unpaired) electrons. The highest BCUT2D eigenvalue weighted by molar-refractivity contribution is 5.50. The highest BCUT2D eigenvalue weighted by Gasteiger charge is 2.08. The van der Waals surface area contributed by atoms with E-state index in [0.29, 0.717) is 19.4 Å². The standard InChI is InChI=1S/C7H15N3O3/c1-10(9-12)6-13-7(2-4-8)3-5-11/h5,7H,2-4,6,8H2,1H3. The molecule has 0 fully saturated rings. The van der Waals surface area contributed by atoms with Crippen LogP contribution in [0.15, 0.2) is 5.29 Å². The van der Waals surface area contributed by atoms with E-state index < -0.39 is 0 Å². The third-order valence-corrected chi connectivity index (χ3v) is 1.48. The van der Waals surface area contributed by atoms with Crippen molar-refractivity contribution < 1.29 is 9.53 Å². The molecule has 0 saturated carbocycles. The van der Waals surface area contributed by atoms with E-state index in [0.717, 1.165) is 11.3 Å². The maximum atomic E-state index is 10.2. The number of carbonyl (C=O) groups excluding carboxylic acids is 1. The molecule has 6 nitrogen and oxygen atoms in total. The van der Waals surface area contributed by atoms with Gasteiger partial charge in [-0.1, -0.05) is 0 Å². The molecule has 0 aliphatic carbocycles. The summed E-state index contributed by atoms with van der Waals surface area (Å²) in [7, 11) is 1.49. The first-order valence-corrected chi connectivity index (χ1v) is 4.04. The van der Waals surface area contributed by atoms with Crippen LogP contribution in [-0.2, 0) is 9.53 Å². The smallest absolute Gasteiger partial charge is 0.138 e. The molecule has 0 bridgehead atoms. The van der Waals surface area contributed by atoms with Gasteiger partial charge in [0.1, 0.15) is 13.0 Å². The Labute approximate surface area is 77.0 Å². The highest BCUT2D eigenvalue weighted by Crippen LogP contribution is 2.01. The fraction of sp³-hybridized carbons (Fsp3) is 0.857. The van der Waals surface area contributed by atoms with Crippen molar-refractivity contribution in [2.75, 3.05) is 20.3 Å². The molecule has 76 valence electrons. The van der Waals surface area contributed by atoms with Crippen molar-refractivity contribution in [3.63, 3.8) is 0 Å². The van der Waals surface area contributed by atoms with Gasteiger partial charge < -0.3 is 15.3 Å². The lowest BCUT2D eigenvalue weighted by Gasteiger charge is -2.16. The summed E-state index contributed by atoms with van der Waals surface area (Å²) in [6, 6.07) is 0. The summed E-state index contributed by atoms with van der Waals surface area (Å²) in [5, 5.41) is 3.72. The van der Waals surface area contributed by atoms with Crippen molar-refractivity contribution in [1.29, 1.82) is 0 Å². The third-order valence-electron chi connectivity index (χ3n) is 1.48. The minimum atomic E-state index is -0.216. The largest absolute Gasteiger partial charge is 0.356 e. The number of hydrogen-bond donors (Lipinski definition) is 1. The van der Waals surface area contributed by atoms with Gasteiger partial charge in [0.2, 0.25) is 0 Å². The fourth-order valence-electron chi connectivity index (χ4n) is 0.799. The summed E-state index contributed by atoms with van der Waals surface area (Å²) < 4.78 is 5.20. The van der Waals surface area contributed by atoms with Crippen LogP contribution in [-0.4, -0.2) is 37.7 Å². The van der Waals surface area contributed by atoms with Crippen LogP contribution in [0.25, 0.3) is 0 Å². The predicted octanol–water partition coefficient (Wildman–Crippen LogP) is -0.120. The Bertz CT molecular complexity index is 154. The molecule has 0 saturated heterocycles. The maximum Gasteiger partial charge on any atom is 0.138 e. The summed E-state index contributed by atoms with van der Waals surface area (Å²) >= 11 is 0. The molecule has 0 heterocycles. The maximum absolute atomic E-state index is 10.2. The second-order valence-corrected chi connectivity index (χ2v) is 2.64. The van der Waals surface area contributed by atoms with Gasteiger partial charge in [-0.25, -0.2) is 5.01 Å². The molecule has 0 aromatic carbocycles. The monoisotopic (exact) mass is 189 g/mol. The molecule has 0 aromatic rings. The molecular weight excluding hydrogens is 174 g/mol. The van der Waals surface area contributed by atoms with Gasteiger partial charge in [0.25, 0.3) is 0 Å². The molecule has 0 aliphatic heterocycles. The zero-order valence-electron chi connectivity index (χ0n) is 7.68. The van der Waals surface area contributed by atoms with E-state index in [2.05, 4.69) is 5.29 Å². The van der Waals surface area contributed by atoms with Crippen LogP contribution in [0, 0.1) is 4.91 Å². The number of nitrogens with two attached hydrogens (primary N) is 1. The van der Waals surface area contributed by atoms with Gasteiger partial charge in [0.15, 0.2) is 0 Å². The summed E-state index contributed by atoms with van der Waals surface area (Å²) in [6.45, 7) is 0.540. The molecule has 1 unspecified atom stereocenters. The molecule has 0 aliphatic rings. The van der Waals surface area contributed by atoms with Gasteiger partial charge in [-0.15, -0.1) is 4.91 Å². The summed E-state index contributed by atoms with van der Waals surface area (Å²) in [5.41, 5.74) is 5.30. The molecule has 1 atom stereocenters. The van der Waals surface area contributed by atoms with Crippen LogP contribution in [0.2, 0.25) is 0 Å². The highest BCUT2D eigenvalue weighted by atomic mass is 16.5. The van der Waals surface area contributed by atoms with Crippen molar-refractivity contribution in [2.45, 2.75) is 18.9 Å². The Morgan fingerprint density at radius 1 is 1.69 bits per heavy atom. The van der Waals surface area contributed by atoms with Crippen LogP contribution in [0.1, 0.15) is 12.8 Å². The van der Waals surface area contributed by atoms with Gasteiger partial charge in [-0.05, 0) is 13.0 Å². The Balaban J connectivity index is 3.66. The molecule has 13 heavy (non-hydrogen) atoms. The number of nitroso groups, excluding NO2 is 1. The van der Waals surface area contributed by atoms with Crippen LogP contribution in [0.4, 0.5) is 0 Å². The second kappa shape index (κ2) is 7.63. The average Bonchev–Trinajstić information content (AvgIpc) is 2.14. The van der Waals surface area contributed by atoms with E-state index in [1.165, 1.54) is 7.05 Å². The SMILES string of the molecule is CN(COC(CC=O)CCN)N=O. The van der Waals surface area contributed by atoms with Crippen molar-refractivity contribution in [3.05, 3.63) is 4.91 Å². The lowest BCUT2D eigenvalue weighted by Crippen LogP contribution is -2.24. The Kier molecular flexibility index (Phi) is 7.04. The lowest BCUT2D eigenvalue weighted by molar-refractivity contribution is -0.111. The Hall–Kier alpha value is -1.01. The van der Waals surface area contributed by atoms with Crippen LogP contribution < -0.4 is 5.73 Å². The fourth-order valence-corrected chi connectivity index (χ4v) is 0.799. The minimum Gasteiger partial charge on any atom is -0.356 e. The minimum absolute atomic E-state index is 0.0853. The summed E-state index contributed by atoms with van der Waals surface area (Å²) in [6.07, 6.45) is 1.45. The average molecular weight is 189 g/mol. The number of rotatable bonds is 8. The van der Waals surface area contributed by atoms with Gasteiger partial charge in [0, 0.05) is 13.5 Å².